The summed E-state index contributed by atoms with van der Waals surface area (Å²) in [6, 6.07) is 19.3. The maximum absolute atomic E-state index is 12.2. The van der Waals surface area contributed by atoms with E-state index in [2.05, 4.69) is 0 Å². The molecule has 0 fully saturated rings. The molecule has 0 N–H and O–H groups in total. The fourth-order valence-electron chi connectivity index (χ4n) is 2.09. The monoisotopic (exact) mass is 345 g/mol. The summed E-state index contributed by atoms with van der Waals surface area (Å²) in [7, 11) is 0. The van der Waals surface area contributed by atoms with Crippen LogP contribution in [0, 0.1) is 22.7 Å². The third kappa shape index (κ3) is 5.33. The minimum Gasteiger partial charge on any atom is -0.452 e. The summed E-state index contributed by atoms with van der Waals surface area (Å²) >= 11 is 0. The van der Waals surface area contributed by atoms with Gasteiger partial charge in [0.25, 0.3) is 5.91 Å². The molecule has 0 aliphatic rings. The quantitative estimate of drug-likeness (QED) is 0.456. The highest BCUT2D eigenvalue weighted by molar-refractivity contribution is 5.96. The van der Waals surface area contributed by atoms with Gasteiger partial charge in [-0.2, -0.15) is 10.5 Å². The van der Waals surface area contributed by atoms with Crippen LogP contribution in [0.2, 0.25) is 0 Å². The number of carbonyl (C=O) groups excluding carboxylic acids is 2. The maximum atomic E-state index is 12.2. The fraction of sp³-hybridized carbons (Fsp3) is 0.100. The molecular formula is C20H15N3O3. The number of ether oxygens (including phenoxy) is 1. The van der Waals surface area contributed by atoms with E-state index in [-0.39, 0.29) is 6.54 Å². The van der Waals surface area contributed by atoms with Gasteiger partial charge in [-0.1, -0.05) is 30.3 Å². The van der Waals surface area contributed by atoms with Crippen LogP contribution in [0.5, 0.6) is 0 Å². The Bertz CT molecular complexity index is 875. The summed E-state index contributed by atoms with van der Waals surface area (Å²) in [5, 5.41) is 17.6. The SMILES string of the molecule is N#CCN(C(=O)COC(=O)/C=C/c1ccc(C#N)cc1)c1ccccc1. The molecule has 0 spiro atoms. The molecule has 2 rings (SSSR count). The minimum atomic E-state index is -0.673. The van der Waals surface area contributed by atoms with Gasteiger partial charge in [0.15, 0.2) is 6.61 Å². The second-order valence-corrected chi connectivity index (χ2v) is 5.15. The van der Waals surface area contributed by atoms with Crippen LogP contribution < -0.4 is 4.90 Å². The number of hydrogen-bond acceptors (Lipinski definition) is 5. The summed E-state index contributed by atoms with van der Waals surface area (Å²) in [6.45, 7) is -0.603. The zero-order valence-corrected chi connectivity index (χ0v) is 13.8. The number of rotatable bonds is 6. The Morgan fingerprint density at radius 3 is 2.35 bits per heavy atom. The first-order chi connectivity index (χ1) is 12.6. The number of amides is 1. The first-order valence-corrected chi connectivity index (χ1v) is 7.71. The Labute approximate surface area is 151 Å². The average Bonchev–Trinajstić information content (AvgIpc) is 2.69. The summed E-state index contributed by atoms with van der Waals surface area (Å²) in [5.41, 5.74) is 1.81. The topological polar surface area (TPSA) is 94.2 Å². The normalized spacial score (nSPS) is 9.92. The smallest absolute Gasteiger partial charge is 0.331 e. The van der Waals surface area contributed by atoms with Crippen molar-refractivity contribution in [2.75, 3.05) is 18.1 Å². The van der Waals surface area contributed by atoms with Gasteiger partial charge in [0.05, 0.1) is 17.7 Å². The van der Waals surface area contributed by atoms with Crippen molar-refractivity contribution in [3.05, 3.63) is 71.8 Å². The number of para-hydroxylation sites is 1. The Hall–Kier alpha value is -3.90. The van der Waals surface area contributed by atoms with E-state index in [9.17, 15) is 9.59 Å². The van der Waals surface area contributed by atoms with Gasteiger partial charge in [-0.15, -0.1) is 0 Å². The fourth-order valence-corrected chi connectivity index (χ4v) is 2.09. The van der Waals surface area contributed by atoms with Crippen LogP contribution in [0.4, 0.5) is 5.69 Å². The van der Waals surface area contributed by atoms with Crippen LogP contribution in [0.1, 0.15) is 11.1 Å². The van der Waals surface area contributed by atoms with Crippen LogP contribution >= 0.6 is 0 Å². The third-order valence-electron chi connectivity index (χ3n) is 3.39. The van der Waals surface area contributed by atoms with Crippen LogP contribution in [0.15, 0.2) is 60.7 Å². The zero-order chi connectivity index (χ0) is 18.8. The standard InChI is InChI=1S/C20H15N3O3/c21-12-13-23(18-4-2-1-3-5-18)19(24)15-26-20(25)11-10-16-6-8-17(14-22)9-7-16/h1-11H,13,15H2/b11-10+. The van der Waals surface area contributed by atoms with Crippen molar-refractivity contribution in [1.29, 1.82) is 10.5 Å². The first kappa shape index (κ1) is 18.4. The summed E-state index contributed by atoms with van der Waals surface area (Å²) in [4.78, 5) is 25.2. The van der Waals surface area contributed by atoms with E-state index < -0.39 is 18.5 Å². The number of benzene rings is 2. The zero-order valence-electron chi connectivity index (χ0n) is 13.8. The molecule has 0 heterocycles. The van der Waals surface area contributed by atoms with Gasteiger partial charge in [0, 0.05) is 11.8 Å². The van der Waals surface area contributed by atoms with E-state index in [4.69, 9.17) is 15.3 Å². The number of esters is 1. The molecule has 2 aromatic rings. The van der Waals surface area contributed by atoms with Gasteiger partial charge in [-0.05, 0) is 35.9 Å². The largest absolute Gasteiger partial charge is 0.452 e. The second-order valence-electron chi connectivity index (χ2n) is 5.15. The number of nitrogens with zero attached hydrogens (tertiary/aromatic N) is 3. The second kappa shape index (κ2) is 9.41. The molecular weight excluding hydrogens is 330 g/mol. The lowest BCUT2D eigenvalue weighted by atomic mass is 10.1. The van der Waals surface area contributed by atoms with E-state index in [1.54, 1.807) is 54.6 Å². The van der Waals surface area contributed by atoms with Crippen molar-refractivity contribution in [3.63, 3.8) is 0 Å². The lowest BCUT2D eigenvalue weighted by Crippen LogP contribution is -2.34. The van der Waals surface area contributed by atoms with E-state index in [1.165, 1.54) is 17.1 Å². The molecule has 0 unspecified atom stereocenters. The van der Waals surface area contributed by atoms with Gasteiger partial charge in [-0.3, -0.25) is 9.69 Å². The highest BCUT2D eigenvalue weighted by Gasteiger charge is 2.16. The Morgan fingerprint density at radius 1 is 1.04 bits per heavy atom. The molecule has 0 aliphatic carbocycles. The maximum Gasteiger partial charge on any atom is 0.331 e. The van der Waals surface area contributed by atoms with Crippen molar-refractivity contribution >= 4 is 23.6 Å². The molecule has 0 saturated carbocycles. The minimum absolute atomic E-state index is 0.137. The van der Waals surface area contributed by atoms with E-state index in [0.717, 1.165) is 5.56 Å². The molecule has 0 radical (unpaired) electrons. The number of hydrogen-bond donors (Lipinski definition) is 0. The molecule has 2 aromatic carbocycles. The highest BCUT2D eigenvalue weighted by atomic mass is 16.5. The molecule has 0 bridgehead atoms. The van der Waals surface area contributed by atoms with Crippen molar-refractivity contribution in [3.8, 4) is 12.1 Å². The van der Waals surface area contributed by atoms with E-state index in [1.807, 2.05) is 12.1 Å². The Morgan fingerprint density at radius 2 is 1.73 bits per heavy atom. The Balaban J connectivity index is 1.92. The average molecular weight is 345 g/mol. The molecule has 0 aromatic heterocycles. The first-order valence-electron chi connectivity index (χ1n) is 7.71. The van der Waals surface area contributed by atoms with Gasteiger partial charge < -0.3 is 4.74 Å². The molecule has 6 nitrogen and oxygen atoms in total. The predicted octanol–water partition coefficient (Wildman–Crippen LogP) is 2.67. The number of nitriles is 2. The predicted molar refractivity (Wildman–Crippen MR) is 95.6 cm³/mol. The van der Waals surface area contributed by atoms with Gasteiger partial charge in [-0.25, -0.2) is 4.79 Å². The lowest BCUT2D eigenvalue weighted by Gasteiger charge is -2.19. The van der Waals surface area contributed by atoms with Crippen molar-refractivity contribution in [2.45, 2.75) is 0 Å². The molecule has 128 valence electrons. The van der Waals surface area contributed by atoms with Crippen LogP contribution in [0.25, 0.3) is 6.08 Å². The van der Waals surface area contributed by atoms with Gasteiger partial charge in [0.1, 0.15) is 6.54 Å². The van der Waals surface area contributed by atoms with E-state index >= 15 is 0 Å². The van der Waals surface area contributed by atoms with Gasteiger partial charge >= 0.3 is 5.97 Å². The van der Waals surface area contributed by atoms with Crippen LogP contribution in [0.3, 0.4) is 0 Å². The van der Waals surface area contributed by atoms with Crippen molar-refractivity contribution < 1.29 is 14.3 Å². The summed E-state index contributed by atoms with van der Waals surface area (Å²) in [5.74, 6) is -1.16. The summed E-state index contributed by atoms with van der Waals surface area (Å²) < 4.78 is 4.94. The molecule has 1 amide bonds. The summed E-state index contributed by atoms with van der Waals surface area (Å²) in [6.07, 6.45) is 2.73. The van der Waals surface area contributed by atoms with Gasteiger partial charge in [0.2, 0.25) is 0 Å². The highest BCUT2D eigenvalue weighted by Crippen LogP contribution is 2.13. The molecule has 6 heteroatoms. The lowest BCUT2D eigenvalue weighted by molar-refractivity contribution is -0.142. The van der Waals surface area contributed by atoms with E-state index in [0.29, 0.717) is 11.3 Å². The molecule has 26 heavy (non-hydrogen) atoms. The Kier molecular flexibility index (Phi) is 6.67. The van der Waals surface area contributed by atoms with Crippen molar-refractivity contribution in [2.24, 2.45) is 0 Å². The third-order valence-corrected chi connectivity index (χ3v) is 3.39. The molecule has 0 atom stereocenters. The number of carbonyl (C=O) groups is 2. The van der Waals surface area contributed by atoms with Crippen molar-refractivity contribution in [1.82, 2.24) is 0 Å². The number of anilines is 1. The van der Waals surface area contributed by atoms with Crippen LogP contribution in [-0.2, 0) is 14.3 Å². The van der Waals surface area contributed by atoms with Crippen LogP contribution in [-0.4, -0.2) is 25.0 Å². The molecule has 0 aliphatic heterocycles. The molecule has 0 saturated heterocycles.